The first-order valence-corrected chi connectivity index (χ1v) is 6.47. The maximum absolute atomic E-state index is 11.8. The number of hydrogen-bond acceptors (Lipinski definition) is 2. The zero-order valence-electron chi connectivity index (χ0n) is 11.0. The Kier molecular flexibility index (Phi) is 4.34. The Morgan fingerprint density at radius 1 is 1.16 bits per heavy atom. The highest BCUT2D eigenvalue weighted by atomic mass is 16.2. The van der Waals surface area contributed by atoms with E-state index in [-0.39, 0.29) is 11.8 Å². The first kappa shape index (κ1) is 13.3. The van der Waals surface area contributed by atoms with Crippen molar-refractivity contribution in [2.45, 2.75) is 26.2 Å². The molecule has 1 aromatic rings. The van der Waals surface area contributed by atoms with E-state index in [0.717, 1.165) is 24.2 Å². The van der Waals surface area contributed by atoms with Crippen molar-refractivity contribution in [3.05, 3.63) is 36.4 Å². The molecule has 19 heavy (non-hydrogen) atoms. The van der Waals surface area contributed by atoms with E-state index in [9.17, 15) is 9.59 Å². The number of nitrogens with one attached hydrogen (secondary N) is 2. The summed E-state index contributed by atoms with van der Waals surface area (Å²) in [6.45, 7) is 1.46. The Morgan fingerprint density at radius 3 is 2.32 bits per heavy atom. The third kappa shape index (κ3) is 4.25. The quantitative estimate of drug-likeness (QED) is 0.816. The molecular formula is C15H18N2O2. The summed E-state index contributed by atoms with van der Waals surface area (Å²) in [5.41, 5.74) is 1.48. The fraction of sp³-hybridized carbons (Fsp3) is 0.333. The normalized spacial score (nSPS) is 17.2. The lowest BCUT2D eigenvalue weighted by Crippen LogP contribution is -2.14. The molecule has 100 valence electrons. The highest BCUT2D eigenvalue weighted by Gasteiger charge is 2.13. The summed E-state index contributed by atoms with van der Waals surface area (Å²) in [6.07, 6.45) is 6.90. The van der Waals surface area contributed by atoms with Crippen LogP contribution >= 0.6 is 0 Å². The summed E-state index contributed by atoms with van der Waals surface area (Å²) in [6, 6.07) is 7.11. The predicted molar refractivity (Wildman–Crippen MR) is 75.9 cm³/mol. The lowest BCUT2D eigenvalue weighted by molar-refractivity contribution is -0.117. The number of rotatable bonds is 4. The first-order valence-electron chi connectivity index (χ1n) is 6.47. The standard InChI is InChI=1S/C15H18N2O2/c1-11(18)16-13-6-8-14(9-7-13)17-15(19)10-12-4-2-3-5-12/h2,4,6-9,12H,3,5,10H2,1H3,(H,16,18)(H,17,19)/t12-/m1/s1. The average Bonchev–Trinajstić information content (AvgIpc) is 2.83. The van der Waals surface area contributed by atoms with Crippen molar-refractivity contribution in [2.75, 3.05) is 10.6 Å². The van der Waals surface area contributed by atoms with Gasteiger partial charge in [0.25, 0.3) is 0 Å². The second-order valence-electron chi connectivity index (χ2n) is 4.78. The molecule has 0 fully saturated rings. The van der Waals surface area contributed by atoms with Crippen molar-refractivity contribution in [1.29, 1.82) is 0 Å². The Bertz CT molecular complexity index is 491. The predicted octanol–water partition coefficient (Wildman–Crippen LogP) is 2.94. The highest BCUT2D eigenvalue weighted by Crippen LogP contribution is 2.21. The third-order valence-corrected chi connectivity index (χ3v) is 3.05. The zero-order valence-corrected chi connectivity index (χ0v) is 11.0. The van der Waals surface area contributed by atoms with E-state index in [1.807, 2.05) is 0 Å². The van der Waals surface area contributed by atoms with Crippen LogP contribution < -0.4 is 10.6 Å². The fourth-order valence-corrected chi connectivity index (χ4v) is 2.16. The van der Waals surface area contributed by atoms with Gasteiger partial charge in [0.15, 0.2) is 0 Å². The van der Waals surface area contributed by atoms with Crippen molar-refractivity contribution in [3.63, 3.8) is 0 Å². The summed E-state index contributed by atoms with van der Waals surface area (Å²) in [7, 11) is 0. The van der Waals surface area contributed by atoms with Gasteiger partial charge in [-0.1, -0.05) is 12.2 Å². The average molecular weight is 258 g/mol. The molecule has 2 N–H and O–H groups in total. The van der Waals surface area contributed by atoms with E-state index >= 15 is 0 Å². The molecule has 0 heterocycles. The van der Waals surface area contributed by atoms with Crippen LogP contribution in [0.15, 0.2) is 36.4 Å². The zero-order chi connectivity index (χ0) is 13.7. The van der Waals surface area contributed by atoms with Crippen molar-refractivity contribution < 1.29 is 9.59 Å². The van der Waals surface area contributed by atoms with Crippen molar-refractivity contribution in [2.24, 2.45) is 5.92 Å². The molecule has 0 aromatic heterocycles. The van der Waals surface area contributed by atoms with E-state index in [0.29, 0.717) is 12.3 Å². The van der Waals surface area contributed by atoms with Gasteiger partial charge in [-0.3, -0.25) is 9.59 Å². The Morgan fingerprint density at radius 2 is 1.79 bits per heavy atom. The van der Waals surface area contributed by atoms with E-state index in [1.54, 1.807) is 24.3 Å². The summed E-state index contributed by atoms with van der Waals surface area (Å²) >= 11 is 0. The molecule has 4 heteroatoms. The van der Waals surface area contributed by atoms with Gasteiger partial charge in [-0.2, -0.15) is 0 Å². The molecule has 1 aliphatic carbocycles. The lowest BCUT2D eigenvalue weighted by Gasteiger charge is -2.09. The minimum atomic E-state index is -0.107. The second kappa shape index (κ2) is 6.18. The Labute approximate surface area is 112 Å². The molecular weight excluding hydrogens is 240 g/mol. The van der Waals surface area contributed by atoms with Gasteiger partial charge in [-0.05, 0) is 43.0 Å². The molecule has 0 aliphatic heterocycles. The van der Waals surface area contributed by atoms with Crippen LogP contribution in [0.2, 0.25) is 0 Å². The highest BCUT2D eigenvalue weighted by molar-refractivity contribution is 5.92. The Balaban J connectivity index is 1.86. The first-order chi connectivity index (χ1) is 9.13. The van der Waals surface area contributed by atoms with E-state index < -0.39 is 0 Å². The molecule has 0 bridgehead atoms. The number of carbonyl (C=O) groups excluding carboxylic acids is 2. The molecule has 1 aliphatic rings. The minimum absolute atomic E-state index is 0.0313. The number of hydrogen-bond donors (Lipinski definition) is 2. The molecule has 0 spiro atoms. The molecule has 0 saturated heterocycles. The smallest absolute Gasteiger partial charge is 0.224 e. The van der Waals surface area contributed by atoms with Gasteiger partial charge in [0.2, 0.25) is 11.8 Å². The van der Waals surface area contributed by atoms with Crippen molar-refractivity contribution in [3.8, 4) is 0 Å². The molecule has 1 atom stereocenters. The van der Waals surface area contributed by atoms with Gasteiger partial charge in [-0.25, -0.2) is 0 Å². The molecule has 0 unspecified atom stereocenters. The molecule has 4 nitrogen and oxygen atoms in total. The van der Waals surface area contributed by atoms with Crippen LogP contribution in [-0.2, 0) is 9.59 Å². The van der Waals surface area contributed by atoms with Gasteiger partial charge in [0.1, 0.15) is 0 Å². The summed E-state index contributed by atoms with van der Waals surface area (Å²) in [5, 5.41) is 5.55. The summed E-state index contributed by atoms with van der Waals surface area (Å²) in [5.74, 6) is 0.298. The van der Waals surface area contributed by atoms with Gasteiger partial charge in [0, 0.05) is 24.7 Å². The third-order valence-electron chi connectivity index (χ3n) is 3.05. The monoisotopic (exact) mass is 258 g/mol. The molecule has 2 rings (SSSR count). The van der Waals surface area contributed by atoms with Gasteiger partial charge in [0.05, 0.1) is 0 Å². The lowest BCUT2D eigenvalue weighted by atomic mass is 10.1. The number of benzene rings is 1. The molecule has 0 radical (unpaired) electrons. The van der Waals surface area contributed by atoms with Gasteiger partial charge in [-0.15, -0.1) is 0 Å². The maximum atomic E-state index is 11.8. The largest absolute Gasteiger partial charge is 0.326 e. The summed E-state index contributed by atoms with van der Waals surface area (Å²) in [4.78, 5) is 22.7. The van der Waals surface area contributed by atoms with E-state index in [1.165, 1.54) is 6.92 Å². The minimum Gasteiger partial charge on any atom is -0.326 e. The van der Waals surface area contributed by atoms with Crippen LogP contribution in [0.5, 0.6) is 0 Å². The van der Waals surface area contributed by atoms with Gasteiger partial charge >= 0.3 is 0 Å². The fourth-order valence-electron chi connectivity index (χ4n) is 2.16. The van der Waals surface area contributed by atoms with Crippen molar-refractivity contribution >= 4 is 23.2 Å². The van der Waals surface area contributed by atoms with Gasteiger partial charge < -0.3 is 10.6 Å². The van der Waals surface area contributed by atoms with Crippen LogP contribution in [0.1, 0.15) is 26.2 Å². The van der Waals surface area contributed by atoms with Crippen LogP contribution in [0, 0.1) is 5.92 Å². The van der Waals surface area contributed by atoms with Crippen molar-refractivity contribution in [1.82, 2.24) is 0 Å². The number of anilines is 2. The van der Waals surface area contributed by atoms with Crippen LogP contribution in [0.3, 0.4) is 0 Å². The number of allylic oxidation sites excluding steroid dienone is 2. The van der Waals surface area contributed by atoms with Crippen LogP contribution in [0.25, 0.3) is 0 Å². The number of carbonyl (C=O) groups is 2. The topological polar surface area (TPSA) is 58.2 Å². The summed E-state index contributed by atoms with van der Waals surface area (Å²) < 4.78 is 0. The maximum Gasteiger partial charge on any atom is 0.224 e. The molecule has 1 aromatic carbocycles. The van der Waals surface area contributed by atoms with Crippen LogP contribution in [-0.4, -0.2) is 11.8 Å². The van der Waals surface area contributed by atoms with E-state index in [2.05, 4.69) is 22.8 Å². The Hall–Kier alpha value is -2.10. The van der Waals surface area contributed by atoms with Crippen LogP contribution in [0.4, 0.5) is 11.4 Å². The second-order valence-corrected chi connectivity index (χ2v) is 4.78. The van der Waals surface area contributed by atoms with E-state index in [4.69, 9.17) is 0 Å². The SMILES string of the molecule is CC(=O)Nc1ccc(NC(=O)C[C@@H]2C=CCC2)cc1. The number of amides is 2. The molecule has 0 saturated carbocycles. The molecule has 2 amide bonds.